The molecule has 0 spiro atoms. The van der Waals surface area contributed by atoms with Crippen LogP contribution in [0.1, 0.15) is 19.5 Å². The molecule has 0 amide bonds. The molecule has 2 aromatic rings. The molecular weight excluding hydrogens is 256 g/mol. The lowest BCUT2D eigenvalue weighted by molar-refractivity contribution is 0.562. The van der Waals surface area contributed by atoms with Gasteiger partial charge >= 0.3 is 0 Å². The second kappa shape index (κ2) is 7.36. The summed E-state index contributed by atoms with van der Waals surface area (Å²) in [5.74, 6) is 2.97. The maximum atomic E-state index is 5.51. The van der Waals surface area contributed by atoms with Crippen LogP contribution in [0.4, 0.5) is 0 Å². The number of benzene rings is 1. The monoisotopic (exact) mass is 276 g/mol. The van der Waals surface area contributed by atoms with Gasteiger partial charge in [-0.25, -0.2) is 4.98 Å². The molecule has 102 valence electrons. The molecule has 4 heteroatoms. The number of nitrogens with zero attached hydrogens (tertiary/aromatic N) is 1. The molecule has 1 unspecified atom stereocenters. The van der Waals surface area contributed by atoms with Gasteiger partial charge in [-0.3, -0.25) is 0 Å². The highest BCUT2D eigenvalue weighted by atomic mass is 32.2. The topological polar surface area (TPSA) is 38.1 Å². The van der Waals surface area contributed by atoms with Gasteiger partial charge in [0.1, 0.15) is 6.26 Å². The Morgan fingerprint density at radius 1 is 1.32 bits per heavy atom. The quantitative estimate of drug-likeness (QED) is 0.839. The van der Waals surface area contributed by atoms with Crippen LogP contribution in [0.2, 0.25) is 0 Å². The van der Waals surface area contributed by atoms with Crippen LogP contribution in [0.3, 0.4) is 0 Å². The van der Waals surface area contributed by atoms with Crippen LogP contribution in [-0.4, -0.2) is 22.5 Å². The average Bonchev–Trinajstić information content (AvgIpc) is 2.93. The van der Waals surface area contributed by atoms with E-state index in [0.717, 1.165) is 29.3 Å². The SMILES string of the molecule is CCSCC(C)NCc1coc(-c2ccccc2)n1. The van der Waals surface area contributed by atoms with Crippen molar-refractivity contribution in [3.63, 3.8) is 0 Å². The highest BCUT2D eigenvalue weighted by Crippen LogP contribution is 2.17. The second-order valence-corrected chi connectivity index (χ2v) is 5.77. The molecule has 0 saturated carbocycles. The van der Waals surface area contributed by atoms with Crippen molar-refractivity contribution in [2.24, 2.45) is 0 Å². The number of rotatable bonds is 7. The number of aromatic nitrogens is 1. The van der Waals surface area contributed by atoms with Crippen LogP contribution in [0, 0.1) is 0 Å². The first-order valence-corrected chi connectivity index (χ1v) is 7.76. The second-order valence-electron chi connectivity index (χ2n) is 4.45. The van der Waals surface area contributed by atoms with Crippen LogP contribution in [-0.2, 0) is 6.54 Å². The standard InChI is InChI=1S/C15H20N2OS/c1-3-19-11-12(2)16-9-14-10-18-15(17-14)13-7-5-4-6-8-13/h4-8,10,12,16H,3,9,11H2,1-2H3. The van der Waals surface area contributed by atoms with Gasteiger partial charge in [0.25, 0.3) is 0 Å². The number of oxazole rings is 1. The molecule has 19 heavy (non-hydrogen) atoms. The van der Waals surface area contributed by atoms with Gasteiger partial charge in [-0.2, -0.15) is 11.8 Å². The fourth-order valence-electron chi connectivity index (χ4n) is 1.73. The van der Waals surface area contributed by atoms with Gasteiger partial charge in [0, 0.05) is 23.9 Å². The fourth-order valence-corrected chi connectivity index (χ4v) is 2.44. The molecular formula is C15H20N2OS. The molecule has 1 aromatic carbocycles. The largest absolute Gasteiger partial charge is 0.444 e. The van der Waals surface area contributed by atoms with Crippen molar-refractivity contribution in [1.29, 1.82) is 0 Å². The summed E-state index contributed by atoms with van der Waals surface area (Å²) in [5.41, 5.74) is 1.97. The molecule has 1 heterocycles. The zero-order chi connectivity index (χ0) is 13.5. The third kappa shape index (κ3) is 4.40. The predicted molar refractivity (Wildman–Crippen MR) is 81.2 cm³/mol. The van der Waals surface area contributed by atoms with E-state index in [2.05, 4.69) is 24.1 Å². The number of hydrogen-bond acceptors (Lipinski definition) is 4. The summed E-state index contributed by atoms with van der Waals surface area (Å²) in [4.78, 5) is 4.50. The van der Waals surface area contributed by atoms with Crippen molar-refractivity contribution in [2.75, 3.05) is 11.5 Å². The van der Waals surface area contributed by atoms with Crippen molar-refractivity contribution >= 4 is 11.8 Å². The van der Waals surface area contributed by atoms with Crippen molar-refractivity contribution < 1.29 is 4.42 Å². The highest BCUT2D eigenvalue weighted by Gasteiger charge is 2.07. The third-order valence-electron chi connectivity index (χ3n) is 2.78. The zero-order valence-corrected chi connectivity index (χ0v) is 12.2. The van der Waals surface area contributed by atoms with E-state index in [1.165, 1.54) is 0 Å². The van der Waals surface area contributed by atoms with Crippen molar-refractivity contribution in [1.82, 2.24) is 10.3 Å². The third-order valence-corrected chi connectivity index (χ3v) is 3.92. The summed E-state index contributed by atoms with van der Waals surface area (Å²) < 4.78 is 5.51. The van der Waals surface area contributed by atoms with E-state index in [0.29, 0.717) is 11.9 Å². The lowest BCUT2D eigenvalue weighted by Gasteiger charge is -2.11. The first-order valence-electron chi connectivity index (χ1n) is 6.60. The summed E-state index contributed by atoms with van der Waals surface area (Å²) in [6.07, 6.45) is 1.73. The Hall–Kier alpha value is -1.26. The van der Waals surface area contributed by atoms with Crippen LogP contribution >= 0.6 is 11.8 Å². The maximum Gasteiger partial charge on any atom is 0.226 e. The molecule has 0 saturated heterocycles. The van der Waals surface area contributed by atoms with Crippen LogP contribution in [0.15, 0.2) is 41.0 Å². The minimum atomic E-state index is 0.488. The van der Waals surface area contributed by atoms with E-state index >= 15 is 0 Å². The average molecular weight is 276 g/mol. The van der Waals surface area contributed by atoms with Crippen LogP contribution in [0.5, 0.6) is 0 Å². The number of hydrogen-bond donors (Lipinski definition) is 1. The highest BCUT2D eigenvalue weighted by molar-refractivity contribution is 7.99. The Labute approximate surface area is 118 Å². The minimum absolute atomic E-state index is 0.488. The fraction of sp³-hybridized carbons (Fsp3) is 0.400. The Kier molecular flexibility index (Phi) is 5.48. The molecule has 1 atom stereocenters. The maximum absolute atomic E-state index is 5.51. The van der Waals surface area contributed by atoms with Gasteiger partial charge in [0.15, 0.2) is 0 Å². The van der Waals surface area contributed by atoms with E-state index in [9.17, 15) is 0 Å². The summed E-state index contributed by atoms with van der Waals surface area (Å²) in [5, 5.41) is 3.46. The normalized spacial score (nSPS) is 12.5. The van der Waals surface area contributed by atoms with E-state index in [-0.39, 0.29) is 0 Å². The number of nitrogens with one attached hydrogen (secondary N) is 1. The molecule has 0 bridgehead atoms. The summed E-state index contributed by atoms with van der Waals surface area (Å²) in [7, 11) is 0. The molecule has 0 aliphatic rings. The van der Waals surface area contributed by atoms with Gasteiger partial charge in [-0.15, -0.1) is 0 Å². The summed E-state index contributed by atoms with van der Waals surface area (Å²) >= 11 is 1.95. The van der Waals surface area contributed by atoms with Crippen molar-refractivity contribution in [2.45, 2.75) is 26.4 Å². The molecule has 1 N–H and O–H groups in total. The minimum Gasteiger partial charge on any atom is -0.444 e. The van der Waals surface area contributed by atoms with E-state index in [4.69, 9.17) is 4.42 Å². The Morgan fingerprint density at radius 3 is 2.84 bits per heavy atom. The summed E-state index contributed by atoms with van der Waals surface area (Å²) in [6, 6.07) is 10.5. The predicted octanol–water partition coefficient (Wildman–Crippen LogP) is 3.57. The first-order chi connectivity index (χ1) is 9.29. The molecule has 0 aliphatic carbocycles. The van der Waals surface area contributed by atoms with E-state index in [1.807, 2.05) is 42.1 Å². The Balaban J connectivity index is 1.88. The summed E-state index contributed by atoms with van der Waals surface area (Å²) in [6.45, 7) is 5.13. The first kappa shape index (κ1) is 14.2. The van der Waals surface area contributed by atoms with Crippen molar-refractivity contribution in [3.8, 4) is 11.5 Å². The van der Waals surface area contributed by atoms with Crippen LogP contribution in [0.25, 0.3) is 11.5 Å². The molecule has 3 nitrogen and oxygen atoms in total. The van der Waals surface area contributed by atoms with E-state index in [1.54, 1.807) is 6.26 Å². The van der Waals surface area contributed by atoms with Crippen LogP contribution < -0.4 is 5.32 Å². The Bertz CT molecular complexity index is 484. The smallest absolute Gasteiger partial charge is 0.226 e. The van der Waals surface area contributed by atoms with E-state index < -0.39 is 0 Å². The molecule has 0 aliphatic heterocycles. The lowest BCUT2D eigenvalue weighted by atomic mass is 10.2. The van der Waals surface area contributed by atoms with Crippen molar-refractivity contribution in [3.05, 3.63) is 42.3 Å². The lowest BCUT2D eigenvalue weighted by Crippen LogP contribution is -2.27. The van der Waals surface area contributed by atoms with Gasteiger partial charge in [-0.05, 0) is 24.8 Å². The number of thioether (sulfide) groups is 1. The van der Waals surface area contributed by atoms with Gasteiger partial charge in [0.05, 0.1) is 5.69 Å². The van der Waals surface area contributed by atoms with Gasteiger partial charge in [-0.1, -0.05) is 25.1 Å². The molecule has 0 fully saturated rings. The van der Waals surface area contributed by atoms with Gasteiger partial charge < -0.3 is 9.73 Å². The molecule has 1 aromatic heterocycles. The van der Waals surface area contributed by atoms with Gasteiger partial charge in [0.2, 0.25) is 5.89 Å². The zero-order valence-electron chi connectivity index (χ0n) is 11.4. The molecule has 0 radical (unpaired) electrons. The molecule has 2 rings (SSSR count). The Morgan fingerprint density at radius 2 is 2.11 bits per heavy atom.